The number of fused-ring (bicyclic) bond motifs is 9. The van der Waals surface area contributed by atoms with E-state index in [4.69, 9.17) is 0 Å². The molecule has 9 aromatic rings. The zero-order valence-electron chi connectivity index (χ0n) is 28.5. The van der Waals surface area contributed by atoms with Gasteiger partial charge in [-0.05, 0) is 88.5 Å². The Labute approximate surface area is 292 Å². The molecular formula is C48H36N2. The quantitative estimate of drug-likeness (QED) is 0.186. The van der Waals surface area contributed by atoms with Crippen molar-refractivity contribution in [1.82, 2.24) is 4.57 Å². The van der Waals surface area contributed by atoms with Gasteiger partial charge in [0, 0.05) is 38.3 Å². The van der Waals surface area contributed by atoms with Gasteiger partial charge in [-0.3, -0.25) is 0 Å². The van der Waals surface area contributed by atoms with Gasteiger partial charge in [0.25, 0.3) is 0 Å². The molecule has 0 atom stereocenters. The van der Waals surface area contributed by atoms with Crippen molar-refractivity contribution in [2.24, 2.45) is 0 Å². The lowest BCUT2D eigenvalue weighted by molar-refractivity contribution is 0.660. The number of anilines is 3. The number of para-hydroxylation sites is 2. The van der Waals surface area contributed by atoms with Crippen LogP contribution in [-0.2, 0) is 5.41 Å². The van der Waals surface area contributed by atoms with Crippen LogP contribution in [0.3, 0.4) is 0 Å². The van der Waals surface area contributed by atoms with E-state index >= 15 is 0 Å². The maximum atomic E-state index is 2.48. The first kappa shape index (κ1) is 28.9. The van der Waals surface area contributed by atoms with Gasteiger partial charge in [-0.15, -0.1) is 0 Å². The van der Waals surface area contributed by atoms with Crippen molar-refractivity contribution in [2.45, 2.75) is 26.2 Å². The van der Waals surface area contributed by atoms with Gasteiger partial charge >= 0.3 is 0 Å². The average Bonchev–Trinajstić information content (AvgIpc) is 3.60. The summed E-state index contributed by atoms with van der Waals surface area (Å²) in [5.74, 6) is 0. The van der Waals surface area contributed by atoms with E-state index in [2.05, 4.69) is 194 Å². The highest BCUT2D eigenvalue weighted by Gasteiger charge is 2.38. The lowest BCUT2D eigenvalue weighted by atomic mass is 9.81. The third kappa shape index (κ3) is 4.09. The molecule has 50 heavy (non-hydrogen) atoms. The van der Waals surface area contributed by atoms with E-state index in [9.17, 15) is 0 Å². The van der Waals surface area contributed by atoms with Crippen LogP contribution >= 0.6 is 0 Å². The number of hydrogen-bond acceptors (Lipinski definition) is 1. The molecule has 10 rings (SSSR count). The van der Waals surface area contributed by atoms with Crippen LogP contribution in [0.5, 0.6) is 0 Å². The lowest BCUT2D eigenvalue weighted by Crippen LogP contribution is -2.17. The predicted molar refractivity (Wildman–Crippen MR) is 213 cm³/mol. The summed E-state index contributed by atoms with van der Waals surface area (Å²) >= 11 is 0. The van der Waals surface area contributed by atoms with Crippen LogP contribution in [0.1, 0.15) is 30.5 Å². The molecule has 0 saturated heterocycles. The van der Waals surface area contributed by atoms with E-state index in [1.165, 1.54) is 82.5 Å². The SMILES string of the molecule is Cc1ccc(N(c2ccc3c(c2)C(C)(C)c2cc(-n4c5ccccc5c5ccccc54)c4ccccc4c2-3)c2cccc3ccccc23)cc1. The second-order valence-corrected chi connectivity index (χ2v) is 14.3. The molecule has 0 radical (unpaired) electrons. The highest BCUT2D eigenvalue weighted by molar-refractivity contribution is 6.13. The Balaban J connectivity index is 1.22. The maximum absolute atomic E-state index is 2.48. The summed E-state index contributed by atoms with van der Waals surface area (Å²) in [5.41, 5.74) is 13.6. The first-order valence-corrected chi connectivity index (χ1v) is 17.5. The van der Waals surface area contributed by atoms with Crippen molar-refractivity contribution in [1.29, 1.82) is 0 Å². The second kappa shape index (κ2) is 10.7. The number of aromatic nitrogens is 1. The minimum atomic E-state index is -0.226. The molecule has 2 nitrogen and oxygen atoms in total. The molecule has 238 valence electrons. The standard InChI is InChI=1S/C48H36N2/c1-31-23-25-33(26-24-31)49(43-22-12-14-32-13-4-5-15-35(32)43)34-27-28-40-41(29-34)48(2,3)42-30-46(38-18-6-7-19-39(38)47(40)42)50-44-20-10-8-16-36(44)37-17-9-11-21-45(37)50/h4-30H,1-3H3. The van der Waals surface area contributed by atoms with Crippen molar-refractivity contribution in [3.8, 4) is 16.8 Å². The van der Waals surface area contributed by atoms with Crippen molar-refractivity contribution in [2.75, 3.05) is 4.90 Å². The molecule has 0 bridgehead atoms. The Kier molecular flexibility index (Phi) is 6.17. The summed E-state index contributed by atoms with van der Waals surface area (Å²) in [5, 5.41) is 7.60. The van der Waals surface area contributed by atoms with E-state index in [1.807, 2.05) is 0 Å². The van der Waals surface area contributed by atoms with E-state index in [1.54, 1.807) is 0 Å². The second-order valence-electron chi connectivity index (χ2n) is 14.3. The summed E-state index contributed by atoms with van der Waals surface area (Å²) in [4.78, 5) is 2.43. The monoisotopic (exact) mass is 640 g/mol. The highest BCUT2D eigenvalue weighted by Crippen LogP contribution is 2.54. The van der Waals surface area contributed by atoms with Gasteiger partial charge in [-0.25, -0.2) is 0 Å². The fraction of sp³-hybridized carbons (Fsp3) is 0.0833. The molecule has 8 aromatic carbocycles. The normalized spacial score (nSPS) is 13.3. The van der Waals surface area contributed by atoms with E-state index in [-0.39, 0.29) is 5.41 Å². The Bertz CT molecular complexity index is 2740. The van der Waals surface area contributed by atoms with Gasteiger partial charge in [-0.1, -0.05) is 135 Å². The zero-order chi connectivity index (χ0) is 33.6. The summed E-state index contributed by atoms with van der Waals surface area (Å²) in [6, 6.07) is 60.5. The Morgan fingerprint density at radius 2 is 1.06 bits per heavy atom. The number of aryl methyl sites for hydroxylation is 1. The Hall–Kier alpha value is -6.12. The third-order valence-corrected chi connectivity index (χ3v) is 11.0. The van der Waals surface area contributed by atoms with Gasteiger partial charge in [0.15, 0.2) is 0 Å². The smallest absolute Gasteiger partial charge is 0.0544 e. The van der Waals surface area contributed by atoms with Crippen LogP contribution in [0.15, 0.2) is 164 Å². The summed E-state index contributed by atoms with van der Waals surface area (Å²) < 4.78 is 2.48. The van der Waals surface area contributed by atoms with Crippen molar-refractivity contribution in [3.05, 3.63) is 180 Å². The summed E-state index contributed by atoms with van der Waals surface area (Å²) in [6.45, 7) is 6.96. The van der Waals surface area contributed by atoms with E-state index in [0.29, 0.717) is 0 Å². The minimum absolute atomic E-state index is 0.226. The predicted octanol–water partition coefficient (Wildman–Crippen LogP) is 13.2. The third-order valence-electron chi connectivity index (χ3n) is 11.0. The fourth-order valence-electron chi connectivity index (χ4n) is 8.58. The largest absolute Gasteiger partial charge is 0.310 e. The van der Waals surface area contributed by atoms with Crippen LogP contribution in [0.4, 0.5) is 17.1 Å². The van der Waals surface area contributed by atoms with Crippen LogP contribution in [0.25, 0.3) is 60.2 Å². The van der Waals surface area contributed by atoms with Gasteiger partial charge < -0.3 is 9.47 Å². The molecule has 0 aliphatic heterocycles. The molecule has 1 aliphatic carbocycles. The van der Waals surface area contributed by atoms with Crippen molar-refractivity contribution >= 4 is 60.4 Å². The molecule has 0 unspecified atom stereocenters. The molecular weight excluding hydrogens is 605 g/mol. The fourth-order valence-corrected chi connectivity index (χ4v) is 8.58. The molecule has 0 saturated carbocycles. The number of nitrogens with zero attached hydrogens (tertiary/aromatic N) is 2. The number of rotatable bonds is 4. The average molecular weight is 641 g/mol. The lowest BCUT2D eigenvalue weighted by Gasteiger charge is -2.29. The molecule has 1 heterocycles. The van der Waals surface area contributed by atoms with Gasteiger partial charge in [-0.2, -0.15) is 0 Å². The number of benzene rings is 8. The van der Waals surface area contributed by atoms with E-state index in [0.717, 1.165) is 11.4 Å². The van der Waals surface area contributed by atoms with Crippen molar-refractivity contribution < 1.29 is 0 Å². The molecule has 0 amide bonds. The zero-order valence-corrected chi connectivity index (χ0v) is 28.5. The van der Waals surface area contributed by atoms with Crippen LogP contribution < -0.4 is 4.90 Å². The first-order valence-electron chi connectivity index (χ1n) is 17.5. The molecule has 0 spiro atoms. The first-order chi connectivity index (χ1) is 24.5. The Morgan fingerprint density at radius 3 is 1.78 bits per heavy atom. The van der Waals surface area contributed by atoms with Crippen LogP contribution in [-0.4, -0.2) is 4.57 Å². The minimum Gasteiger partial charge on any atom is -0.310 e. The molecule has 1 aliphatic rings. The van der Waals surface area contributed by atoms with Crippen LogP contribution in [0, 0.1) is 6.92 Å². The van der Waals surface area contributed by atoms with Crippen molar-refractivity contribution in [3.63, 3.8) is 0 Å². The van der Waals surface area contributed by atoms with Gasteiger partial charge in [0.05, 0.1) is 22.4 Å². The molecule has 0 N–H and O–H groups in total. The Morgan fingerprint density at radius 1 is 0.480 bits per heavy atom. The number of hydrogen-bond donors (Lipinski definition) is 0. The molecule has 1 aromatic heterocycles. The van der Waals surface area contributed by atoms with Gasteiger partial charge in [0.1, 0.15) is 0 Å². The maximum Gasteiger partial charge on any atom is 0.0544 e. The van der Waals surface area contributed by atoms with Gasteiger partial charge in [0.2, 0.25) is 0 Å². The highest BCUT2D eigenvalue weighted by atomic mass is 15.1. The summed E-state index contributed by atoms with van der Waals surface area (Å²) in [7, 11) is 0. The topological polar surface area (TPSA) is 8.17 Å². The van der Waals surface area contributed by atoms with E-state index < -0.39 is 0 Å². The summed E-state index contributed by atoms with van der Waals surface area (Å²) in [6.07, 6.45) is 0. The molecule has 2 heteroatoms. The van der Waals surface area contributed by atoms with Crippen LogP contribution in [0.2, 0.25) is 0 Å². The molecule has 0 fully saturated rings.